The maximum absolute atomic E-state index is 12.4. The van der Waals surface area contributed by atoms with Gasteiger partial charge in [0.1, 0.15) is 11.8 Å². The molecule has 0 radical (unpaired) electrons. The summed E-state index contributed by atoms with van der Waals surface area (Å²) in [6.45, 7) is 1.98. The van der Waals surface area contributed by atoms with Crippen molar-refractivity contribution < 1.29 is 29.0 Å². The quantitative estimate of drug-likeness (QED) is 0.275. The highest BCUT2D eigenvalue weighted by Crippen LogP contribution is 2.21. The van der Waals surface area contributed by atoms with Crippen LogP contribution in [0.25, 0.3) is 0 Å². The molecule has 0 saturated carbocycles. The smallest absolute Gasteiger partial charge is 0.326 e. The van der Waals surface area contributed by atoms with Crippen LogP contribution in [0.1, 0.15) is 36.5 Å². The lowest BCUT2D eigenvalue weighted by molar-refractivity contribution is -0.139. The number of hydrogen-bond acceptors (Lipinski definition) is 7. The van der Waals surface area contributed by atoms with E-state index >= 15 is 0 Å². The molecule has 2 amide bonds. The molecule has 1 atom stereocenters. The zero-order valence-electron chi connectivity index (χ0n) is 16.5. The molecule has 0 aliphatic rings. The number of thioether (sulfide) groups is 1. The van der Waals surface area contributed by atoms with Gasteiger partial charge in [-0.2, -0.15) is 11.8 Å². The zero-order valence-corrected chi connectivity index (χ0v) is 17.3. The Hall–Kier alpha value is -2.59. The number of ketones is 1. The van der Waals surface area contributed by atoms with Crippen molar-refractivity contribution in [3.8, 4) is 0 Å². The lowest BCUT2D eigenvalue weighted by Gasteiger charge is -2.15. The second-order valence-corrected chi connectivity index (χ2v) is 7.46. The molecule has 160 valence electrons. The first-order valence-corrected chi connectivity index (χ1v) is 10.2. The minimum Gasteiger partial charge on any atom is -0.480 e. The number of carbonyl (C=O) groups excluding carboxylic acids is 3. The Balaban J connectivity index is 2.71. The second kappa shape index (κ2) is 12.8. The summed E-state index contributed by atoms with van der Waals surface area (Å²) in [6.07, 6.45) is 0.873. The highest BCUT2D eigenvalue weighted by Gasteiger charge is 2.21. The summed E-state index contributed by atoms with van der Waals surface area (Å²) >= 11 is 1.45. The van der Waals surface area contributed by atoms with Gasteiger partial charge in [0, 0.05) is 25.7 Å². The average Bonchev–Trinajstić information content (AvgIpc) is 2.66. The van der Waals surface area contributed by atoms with Crippen LogP contribution in [-0.4, -0.2) is 59.9 Å². The van der Waals surface area contributed by atoms with E-state index in [1.807, 2.05) is 0 Å². The van der Waals surface area contributed by atoms with E-state index in [0.29, 0.717) is 6.61 Å². The molecule has 0 heterocycles. The van der Waals surface area contributed by atoms with E-state index in [1.54, 1.807) is 7.11 Å². The van der Waals surface area contributed by atoms with Crippen LogP contribution < -0.4 is 16.4 Å². The summed E-state index contributed by atoms with van der Waals surface area (Å²) in [6, 6.07) is 3.10. The molecule has 0 bridgehead atoms. The molecule has 0 saturated heterocycles. The van der Waals surface area contributed by atoms with Crippen molar-refractivity contribution in [2.75, 3.05) is 36.3 Å². The summed E-state index contributed by atoms with van der Waals surface area (Å²) in [5.41, 5.74) is 6.57. The van der Waals surface area contributed by atoms with E-state index in [0.717, 1.165) is 12.2 Å². The molecular formula is C19H27N3O6S. The molecule has 1 aromatic rings. The number of ether oxygens (including phenoxy) is 1. The maximum Gasteiger partial charge on any atom is 0.326 e. The highest BCUT2D eigenvalue weighted by atomic mass is 32.2. The van der Waals surface area contributed by atoms with Crippen LogP contribution in [0.4, 0.5) is 11.4 Å². The molecule has 1 rings (SSSR count). The Morgan fingerprint density at radius 3 is 2.62 bits per heavy atom. The number of methoxy groups -OCH3 is 1. The third kappa shape index (κ3) is 9.44. The van der Waals surface area contributed by atoms with Gasteiger partial charge < -0.3 is 31.0 Å². The minimum atomic E-state index is -1.23. The van der Waals surface area contributed by atoms with E-state index in [-0.39, 0.29) is 47.2 Å². The molecule has 0 aromatic heterocycles. The second-order valence-electron chi connectivity index (χ2n) is 6.35. The van der Waals surface area contributed by atoms with Crippen LogP contribution in [0.2, 0.25) is 0 Å². The van der Waals surface area contributed by atoms with Crippen molar-refractivity contribution in [2.24, 2.45) is 0 Å². The number of benzene rings is 1. The zero-order chi connectivity index (χ0) is 21.8. The Morgan fingerprint density at radius 2 is 2.00 bits per heavy atom. The van der Waals surface area contributed by atoms with Crippen molar-refractivity contribution in [3.05, 3.63) is 23.8 Å². The standard InChI is InChI=1S/C19H27N3O6S/c1-12(23)4-7-15(19(26)27)22-18(25)13-5-6-14(20)16(10-13)21-17(24)11-29-9-3-8-28-2/h5-6,10,15H,3-4,7-9,11,20H2,1-2H3,(H,21,24)(H,22,25)(H,26,27). The Morgan fingerprint density at radius 1 is 1.28 bits per heavy atom. The predicted molar refractivity (Wildman–Crippen MR) is 112 cm³/mol. The SMILES string of the molecule is COCCCSCC(=O)Nc1cc(C(=O)NC(CCC(C)=O)C(=O)O)ccc1N. The van der Waals surface area contributed by atoms with Crippen LogP contribution in [0, 0.1) is 0 Å². The topological polar surface area (TPSA) is 148 Å². The van der Waals surface area contributed by atoms with Crippen LogP contribution in [0.5, 0.6) is 0 Å². The molecule has 0 aliphatic carbocycles. The third-order valence-corrected chi connectivity index (χ3v) is 4.89. The molecule has 9 nitrogen and oxygen atoms in total. The molecule has 5 N–H and O–H groups in total. The van der Waals surface area contributed by atoms with E-state index in [2.05, 4.69) is 10.6 Å². The van der Waals surface area contributed by atoms with Gasteiger partial charge in [-0.05, 0) is 43.7 Å². The van der Waals surface area contributed by atoms with E-state index in [1.165, 1.54) is 36.9 Å². The van der Waals surface area contributed by atoms with E-state index in [4.69, 9.17) is 10.5 Å². The average molecular weight is 426 g/mol. The van der Waals surface area contributed by atoms with Gasteiger partial charge in [0.2, 0.25) is 5.91 Å². The molecule has 0 fully saturated rings. The van der Waals surface area contributed by atoms with Crippen molar-refractivity contribution in [1.82, 2.24) is 5.32 Å². The first kappa shape index (κ1) is 24.4. The number of carboxylic acid groups (broad SMARTS) is 1. The molecule has 29 heavy (non-hydrogen) atoms. The number of nitrogens with two attached hydrogens (primary N) is 1. The van der Waals surface area contributed by atoms with Gasteiger partial charge in [0.05, 0.1) is 17.1 Å². The van der Waals surface area contributed by atoms with Crippen LogP contribution >= 0.6 is 11.8 Å². The summed E-state index contributed by atoms with van der Waals surface area (Å²) in [4.78, 5) is 46.8. The van der Waals surface area contributed by atoms with Crippen molar-refractivity contribution in [3.63, 3.8) is 0 Å². The monoisotopic (exact) mass is 425 g/mol. The molecule has 0 spiro atoms. The lowest BCUT2D eigenvalue weighted by Crippen LogP contribution is -2.41. The lowest BCUT2D eigenvalue weighted by atomic mass is 10.1. The minimum absolute atomic E-state index is 0.00470. The highest BCUT2D eigenvalue weighted by molar-refractivity contribution is 7.99. The Bertz CT molecular complexity index is 741. The molecular weight excluding hydrogens is 398 g/mol. The van der Waals surface area contributed by atoms with Gasteiger partial charge in [0.15, 0.2) is 0 Å². The Kier molecular flexibility index (Phi) is 10.8. The maximum atomic E-state index is 12.4. The van der Waals surface area contributed by atoms with E-state index < -0.39 is 17.9 Å². The van der Waals surface area contributed by atoms with Crippen molar-refractivity contribution >= 4 is 46.7 Å². The summed E-state index contributed by atoms with van der Waals surface area (Å²) in [7, 11) is 1.62. The van der Waals surface area contributed by atoms with Crippen LogP contribution in [-0.2, 0) is 19.1 Å². The summed E-state index contributed by atoms with van der Waals surface area (Å²) < 4.78 is 4.94. The number of anilines is 2. The molecule has 1 unspecified atom stereocenters. The van der Waals surface area contributed by atoms with Gasteiger partial charge in [0.25, 0.3) is 5.91 Å². The molecule has 1 aromatic carbocycles. The number of carbonyl (C=O) groups is 4. The summed E-state index contributed by atoms with van der Waals surface area (Å²) in [5.74, 6) is -1.29. The number of aliphatic carboxylic acids is 1. The van der Waals surface area contributed by atoms with Gasteiger partial charge in [-0.1, -0.05) is 0 Å². The van der Waals surface area contributed by atoms with Gasteiger partial charge in [-0.25, -0.2) is 4.79 Å². The van der Waals surface area contributed by atoms with E-state index in [9.17, 15) is 24.3 Å². The number of nitrogens with one attached hydrogen (secondary N) is 2. The number of Topliss-reactive ketones (excluding diaryl/α,β-unsaturated/α-hetero) is 1. The number of hydrogen-bond donors (Lipinski definition) is 4. The number of amides is 2. The largest absolute Gasteiger partial charge is 0.480 e. The predicted octanol–water partition coefficient (Wildman–Crippen LogP) is 1.53. The van der Waals surface area contributed by atoms with Gasteiger partial charge >= 0.3 is 5.97 Å². The first-order valence-electron chi connectivity index (χ1n) is 9.03. The van der Waals surface area contributed by atoms with Gasteiger partial charge in [-0.15, -0.1) is 0 Å². The number of nitrogen functional groups attached to an aromatic ring is 1. The Labute approximate surface area is 173 Å². The van der Waals surface area contributed by atoms with Crippen LogP contribution in [0.15, 0.2) is 18.2 Å². The van der Waals surface area contributed by atoms with Crippen molar-refractivity contribution in [2.45, 2.75) is 32.2 Å². The number of rotatable bonds is 13. The fourth-order valence-corrected chi connectivity index (χ4v) is 3.03. The van der Waals surface area contributed by atoms with Gasteiger partial charge in [-0.3, -0.25) is 9.59 Å². The third-order valence-electron chi connectivity index (χ3n) is 3.85. The van der Waals surface area contributed by atoms with Crippen molar-refractivity contribution in [1.29, 1.82) is 0 Å². The first-order chi connectivity index (χ1) is 13.7. The van der Waals surface area contributed by atoms with Crippen LogP contribution in [0.3, 0.4) is 0 Å². The fourth-order valence-electron chi connectivity index (χ4n) is 2.31. The molecule has 0 aliphatic heterocycles. The fraction of sp³-hybridized carbons (Fsp3) is 0.474. The number of carboxylic acids is 1. The summed E-state index contributed by atoms with van der Waals surface area (Å²) in [5, 5.41) is 14.3. The molecule has 10 heteroatoms. The normalized spacial score (nSPS) is 11.5.